The monoisotopic (exact) mass is 366 g/mol. The Morgan fingerprint density at radius 1 is 1.12 bits per heavy atom. The number of hydrogen-bond acceptors (Lipinski definition) is 4. The smallest absolute Gasteiger partial charge is 0.320 e. The van der Waals surface area contributed by atoms with E-state index >= 15 is 0 Å². The first-order valence-corrected chi connectivity index (χ1v) is 9.10. The largest absolute Gasteiger partial charge is 0.471 e. The van der Waals surface area contributed by atoms with Crippen LogP contribution in [0, 0.1) is 0 Å². The molecule has 0 saturated heterocycles. The summed E-state index contributed by atoms with van der Waals surface area (Å²) in [5, 5.41) is 2.80. The van der Waals surface area contributed by atoms with E-state index in [-0.39, 0.29) is 5.91 Å². The van der Waals surface area contributed by atoms with E-state index in [1.54, 1.807) is 57.2 Å². The Labute approximate surface area is 147 Å². The van der Waals surface area contributed by atoms with Crippen molar-refractivity contribution in [1.29, 1.82) is 0 Å². The molecule has 0 aromatic heterocycles. The third-order valence-corrected chi connectivity index (χ3v) is 3.62. The van der Waals surface area contributed by atoms with Gasteiger partial charge in [0.2, 0.25) is 0 Å². The molecule has 1 rings (SSSR count). The lowest BCUT2D eigenvalue weighted by Crippen LogP contribution is -2.25. The van der Waals surface area contributed by atoms with Gasteiger partial charge in [0.05, 0.1) is 22.7 Å². The molecule has 0 aliphatic carbocycles. The second kappa shape index (κ2) is 9.34. The van der Waals surface area contributed by atoms with Crippen molar-refractivity contribution >= 4 is 13.7 Å². The van der Waals surface area contributed by atoms with Crippen LogP contribution in [0.5, 0.6) is 0 Å². The fourth-order valence-corrected chi connectivity index (χ4v) is 2.51. The number of carbonyl (C=O) groups is 1. The van der Waals surface area contributed by atoms with E-state index < -0.39 is 14.6 Å². The summed E-state index contributed by atoms with van der Waals surface area (Å²) in [4.78, 5) is 32.2. The number of allylic oxidation sites excluding steroid dienone is 6. The number of rotatable bonds is 7. The van der Waals surface area contributed by atoms with Crippen molar-refractivity contribution in [3.63, 3.8) is 0 Å². The highest BCUT2D eigenvalue weighted by Gasteiger charge is 2.27. The molecule has 0 spiro atoms. The van der Waals surface area contributed by atoms with Crippen molar-refractivity contribution in [2.45, 2.75) is 20.8 Å². The lowest BCUT2D eigenvalue weighted by atomic mass is 10.1. The molecule has 0 radical (unpaired) electrons. The number of nitrogens with zero attached hydrogens (tertiary/aromatic N) is 1. The number of amides is 1. The molecule has 1 amide bonds. The molecule has 0 aromatic rings. The van der Waals surface area contributed by atoms with Crippen LogP contribution < -0.4 is 5.32 Å². The van der Waals surface area contributed by atoms with E-state index in [9.17, 15) is 9.36 Å². The summed E-state index contributed by atoms with van der Waals surface area (Å²) in [6.07, 6.45) is 11.6. The zero-order valence-corrected chi connectivity index (χ0v) is 15.4. The van der Waals surface area contributed by atoms with E-state index in [4.69, 9.17) is 9.79 Å². The van der Waals surface area contributed by atoms with E-state index in [0.717, 1.165) is 0 Å². The molecule has 0 bridgehead atoms. The van der Waals surface area contributed by atoms with Gasteiger partial charge in [-0.1, -0.05) is 30.9 Å². The molecule has 1 heterocycles. The molecule has 8 heteroatoms. The Morgan fingerprint density at radius 2 is 1.72 bits per heavy atom. The topological polar surface area (TPSA) is 99.1 Å². The highest BCUT2D eigenvalue weighted by atomic mass is 31.2. The number of phosphoric acid groups is 1. The van der Waals surface area contributed by atoms with Crippen LogP contribution in [0.25, 0.3) is 0 Å². The summed E-state index contributed by atoms with van der Waals surface area (Å²) in [5.41, 5.74) is 1.65. The Kier molecular flexibility index (Phi) is 7.80. The van der Waals surface area contributed by atoms with Crippen LogP contribution in [-0.4, -0.2) is 27.3 Å². The molecular formula is C17H23N2O5P. The Balaban J connectivity index is 3.65. The van der Waals surface area contributed by atoms with Gasteiger partial charge in [-0.3, -0.25) is 9.32 Å². The average molecular weight is 366 g/mol. The van der Waals surface area contributed by atoms with Crippen molar-refractivity contribution in [3.05, 3.63) is 71.8 Å². The standard InChI is InChI=1S/C17H23N2O5P/c1-5-9-13-15(8-4)19(12-24-25(21,22)23)16(11-7-3)14(10-6-2)18-17(13)20/h5-11H,4,12H2,1-3H3,(H,18,20)(H2,21,22,23)/b9-5-,10-6-,11-7-. The van der Waals surface area contributed by atoms with E-state index in [1.807, 2.05) is 0 Å². The van der Waals surface area contributed by atoms with Crippen molar-refractivity contribution in [2.75, 3.05) is 6.73 Å². The summed E-state index contributed by atoms with van der Waals surface area (Å²) in [6.45, 7) is 8.61. The van der Waals surface area contributed by atoms with Crippen LogP contribution in [0.3, 0.4) is 0 Å². The molecule has 0 aromatic carbocycles. The van der Waals surface area contributed by atoms with Gasteiger partial charge in [-0.2, -0.15) is 0 Å². The maximum atomic E-state index is 12.6. The molecule has 1 aliphatic rings. The first-order chi connectivity index (χ1) is 11.8. The van der Waals surface area contributed by atoms with Gasteiger partial charge in [0.25, 0.3) is 5.91 Å². The normalized spacial score (nSPS) is 17.2. The molecule has 3 N–H and O–H groups in total. The van der Waals surface area contributed by atoms with Crippen LogP contribution in [0.15, 0.2) is 71.8 Å². The zero-order valence-electron chi connectivity index (χ0n) is 14.5. The van der Waals surface area contributed by atoms with Crippen LogP contribution in [0.4, 0.5) is 0 Å². The average Bonchev–Trinajstić information content (AvgIpc) is 2.63. The third kappa shape index (κ3) is 5.69. The lowest BCUT2D eigenvalue weighted by molar-refractivity contribution is -0.116. The molecule has 0 atom stereocenters. The second-order valence-corrected chi connectivity index (χ2v) is 6.17. The first kappa shape index (κ1) is 20.9. The minimum absolute atomic E-state index is 0.299. The van der Waals surface area contributed by atoms with E-state index in [0.29, 0.717) is 22.7 Å². The van der Waals surface area contributed by atoms with Crippen LogP contribution in [-0.2, 0) is 13.9 Å². The quantitative estimate of drug-likeness (QED) is 0.599. The van der Waals surface area contributed by atoms with E-state index in [2.05, 4.69) is 16.4 Å². The van der Waals surface area contributed by atoms with Crippen molar-refractivity contribution in [1.82, 2.24) is 10.2 Å². The Hall–Kier alpha value is -2.18. The number of carbonyl (C=O) groups excluding carboxylic acids is 1. The lowest BCUT2D eigenvalue weighted by Gasteiger charge is -2.27. The summed E-state index contributed by atoms with van der Waals surface area (Å²) in [5.74, 6) is -0.359. The molecular weight excluding hydrogens is 343 g/mol. The van der Waals surface area contributed by atoms with Gasteiger partial charge >= 0.3 is 7.82 Å². The molecule has 7 nitrogen and oxygen atoms in total. The summed E-state index contributed by atoms with van der Waals surface area (Å²) >= 11 is 0. The van der Waals surface area contributed by atoms with Gasteiger partial charge in [-0.25, -0.2) is 4.57 Å². The van der Waals surface area contributed by atoms with Crippen molar-refractivity contribution in [3.8, 4) is 0 Å². The minimum Gasteiger partial charge on any atom is -0.320 e. The van der Waals surface area contributed by atoms with Crippen molar-refractivity contribution < 1.29 is 23.7 Å². The Bertz CT molecular complexity index is 725. The number of nitrogens with one attached hydrogen (secondary N) is 1. The minimum atomic E-state index is -4.70. The predicted octanol–water partition coefficient (Wildman–Crippen LogP) is 2.87. The predicted molar refractivity (Wildman–Crippen MR) is 96.7 cm³/mol. The van der Waals surface area contributed by atoms with Crippen LogP contribution in [0.1, 0.15) is 20.8 Å². The maximum absolute atomic E-state index is 12.6. The number of hydrogen-bond donors (Lipinski definition) is 3. The van der Waals surface area contributed by atoms with Crippen LogP contribution >= 0.6 is 7.82 Å². The number of phosphoric ester groups is 1. The maximum Gasteiger partial charge on any atom is 0.471 e. The fourth-order valence-electron chi connectivity index (χ4n) is 2.24. The molecule has 0 fully saturated rings. The van der Waals surface area contributed by atoms with Gasteiger partial charge in [0, 0.05) is 0 Å². The Morgan fingerprint density at radius 3 is 2.20 bits per heavy atom. The second-order valence-electron chi connectivity index (χ2n) is 4.93. The molecule has 25 heavy (non-hydrogen) atoms. The molecule has 0 saturated carbocycles. The van der Waals surface area contributed by atoms with Gasteiger partial charge in [-0.05, 0) is 39.0 Å². The summed E-state index contributed by atoms with van der Waals surface area (Å²) in [6, 6.07) is 0. The van der Waals surface area contributed by atoms with Gasteiger partial charge < -0.3 is 20.0 Å². The highest BCUT2D eigenvalue weighted by Crippen LogP contribution is 2.37. The fraction of sp³-hybridized carbons (Fsp3) is 0.235. The van der Waals surface area contributed by atoms with Gasteiger partial charge in [-0.15, -0.1) is 0 Å². The molecule has 0 unspecified atom stereocenters. The van der Waals surface area contributed by atoms with Crippen molar-refractivity contribution in [2.24, 2.45) is 0 Å². The first-order valence-electron chi connectivity index (χ1n) is 7.57. The SMILES string of the molecule is C=CC1=C(/C=C\C)C(=O)NC(/C=C\C)=C(/C=C\C)N1COP(=O)(O)O. The molecule has 1 aliphatic heterocycles. The summed E-state index contributed by atoms with van der Waals surface area (Å²) in [7, 11) is -4.70. The highest BCUT2D eigenvalue weighted by molar-refractivity contribution is 7.46. The zero-order chi connectivity index (χ0) is 19.0. The van der Waals surface area contributed by atoms with Gasteiger partial charge in [0.1, 0.15) is 6.73 Å². The summed E-state index contributed by atoms with van der Waals surface area (Å²) < 4.78 is 15.8. The third-order valence-electron chi connectivity index (χ3n) is 3.17. The molecule has 136 valence electrons. The van der Waals surface area contributed by atoms with Gasteiger partial charge in [0.15, 0.2) is 0 Å². The van der Waals surface area contributed by atoms with Crippen LogP contribution in [0.2, 0.25) is 0 Å². The van der Waals surface area contributed by atoms with E-state index in [1.165, 1.54) is 11.0 Å².